The predicted molar refractivity (Wildman–Crippen MR) is 145 cm³/mol. The van der Waals surface area contributed by atoms with Gasteiger partial charge in [-0.3, -0.25) is 4.98 Å². The minimum absolute atomic E-state index is 0.276. The Morgan fingerprint density at radius 2 is 1.69 bits per heavy atom. The Morgan fingerprint density at radius 1 is 1.06 bits per heavy atom. The first kappa shape index (κ1) is 26.5. The molecule has 35 heavy (non-hydrogen) atoms. The van der Waals surface area contributed by atoms with Crippen molar-refractivity contribution in [3.8, 4) is 11.3 Å². The summed E-state index contributed by atoms with van der Waals surface area (Å²) in [4.78, 5) is 28.2. The van der Waals surface area contributed by atoms with Crippen molar-refractivity contribution in [2.75, 3.05) is 50.1 Å². The molecular formula is C27H36ClN5O2. The summed E-state index contributed by atoms with van der Waals surface area (Å²) in [6.07, 6.45) is 5.37. The van der Waals surface area contributed by atoms with Gasteiger partial charge in [0.1, 0.15) is 11.4 Å². The zero-order chi connectivity index (χ0) is 25.8. The van der Waals surface area contributed by atoms with Gasteiger partial charge in [-0.1, -0.05) is 29.8 Å². The molecule has 1 amide bonds. The highest BCUT2D eigenvalue weighted by Crippen LogP contribution is 2.29. The van der Waals surface area contributed by atoms with Crippen LogP contribution in [0.15, 0.2) is 47.6 Å². The van der Waals surface area contributed by atoms with Gasteiger partial charge in [-0.2, -0.15) is 0 Å². The third-order valence-corrected chi connectivity index (χ3v) is 5.73. The number of aromatic nitrogens is 2. The number of nitrogens with zero attached hydrogens (tertiary/aromatic N) is 5. The average Bonchev–Trinajstić information content (AvgIpc) is 2.81. The zero-order valence-electron chi connectivity index (χ0n) is 21.8. The maximum Gasteiger partial charge on any atom is 0.410 e. The van der Waals surface area contributed by atoms with Gasteiger partial charge < -0.3 is 19.4 Å². The Labute approximate surface area is 214 Å². The third-order valence-electron chi connectivity index (χ3n) is 5.61. The summed E-state index contributed by atoms with van der Waals surface area (Å²) >= 11 is 6.07. The number of benzene rings is 1. The van der Waals surface area contributed by atoms with E-state index in [1.807, 2.05) is 67.1 Å². The van der Waals surface area contributed by atoms with E-state index in [0.717, 1.165) is 34.0 Å². The number of anilines is 2. The number of ether oxygens (including phenoxy) is 1. The molecule has 0 saturated carbocycles. The van der Waals surface area contributed by atoms with Crippen molar-refractivity contribution in [3.05, 3.63) is 53.3 Å². The fourth-order valence-electron chi connectivity index (χ4n) is 3.70. The van der Waals surface area contributed by atoms with Crippen LogP contribution in [0.1, 0.15) is 40.3 Å². The van der Waals surface area contributed by atoms with E-state index in [0.29, 0.717) is 31.2 Å². The van der Waals surface area contributed by atoms with Crippen molar-refractivity contribution in [2.24, 2.45) is 0 Å². The Balaban J connectivity index is 1.88. The molecule has 1 saturated heterocycles. The van der Waals surface area contributed by atoms with E-state index in [2.05, 4.69) is 34.1 Å². The first-order valence-electron chi connectivity index (χ1n) is 11.8. The Bertz CT molecular complexity index is 1090. The predicted octanol–water partition coefficient (Wildman–Crippen LogP) is 5.81. The fraction of sp³-hybridized carbons (Fsp3) is 0.444. The number of hydrogen-bond donors (Lipinski definition) is 0. The minimum atomic E-state index is -0.505. The van der Waals surface area contributed by atoms with Crippen molar-refractivity contribution in [1.82, 2.24) is 14.9 Å². The quantitative estimate of drug-likeness (QED) is 0.485. The highest BCUT2D eigenvalue weighted by molar-refractivity contribution is 6.29. The maximum absolute atomic E-state index is 12.4. The molecular weight excluding hydrogens is 462 g/mol. The van der Waals surface area contributed by atoms with Crippen LogP contribution in [0.5, 0.6) is 0 Å². The number of halogens is 1. The molecule has 3 rings (SSSR count). The van der Waals surface area contributed by atoms with E-state index in [9.17, 15) is 4.79 Å². The van der Waals surface area contributed by atoms with Crippen LogP contribution >= 0.6 is 11.6 Å². The van der Waals surface area contributed by atoms with Crippen LogP contribution in [0, 0.1) is 0 Å². The van der Waals surface area contributed by atoms with Crippen LogP contribution in [0.4, 0.5) is 16.3 Å². The van der Waals surface area contributed by atoms with E-state index in [-0.39, 0.29) is 6.09 Å². The number of rotatable bonds is 5. The summed E-state index contributed by atoms with van der Waals surface area (Å²) in [6.45, 7) is 12.0. The Kier molecular flexibility index (Phi) is 8.43. The van der Waals surface area contributed by atoms with Gasteiger partial charge >= 0.3 is 6.09 Å². The topological polar surface area (TPSA) is 61.8 Å². The van der Waals surface area contributed by atoms with Gasteiger partial charge in [0, 0.05) is 56.6 Å². The highest BCUT2D eigenvalue weighted by atomic mass is 35.5. The monoisotopic (exact) mass is 497 g/mol. The number of carbonyl (C=O) groups is 1. The Morgan fingerprint density at radius 3 is 2.23 bits per heavy atom. The van der Waals surface area contributed by atoms with E-state index in [1.165, 1.54) is 0 Å². The summed E-state index contributed by atoms with van der Waals surface area (Å²) in [7, 11) is 4.04. The molecule has 2 heterocycles. The minimum Gasteiger partial charge on any atom is -0.444 e. The molecule has 1 aliphatic rings. The van der Waals surface area contributed by atoms with Crippen molar-refractivity contribution in [3.63, 3.8) is 0 Å². The van der Waals surface area contributed by atoms with E-state index in [1.54, 1.807) is 4.90 Å². The van der Waals surface area contributed by atoms with E-state index in [4.69, 9.17) is 26.3 Å². The molecule has 2 aromatic rings. The van der Waals surface area contributed by atoms with Gasteiger partial charge in [-0.15, -0.1) is 0 Å². The molecule has 0 atom stereocenters. The first-order chi connectivity index (χ1) is 16.4. The summed E-state index contributed by atoms with van der Waals surface area (Å²) in [5, 5.41) is 0.698. The van der Waals surface area contributed by atoms with Crippen molar-refractivity contribution in [2.45, 2.75) is 40.2 Å². The lowest BCUT2D eigenvalue weighted by Gasteiger charge is -2.36. The molecule has 0 aliphatic carbocycles. The smallest absolute Gasteiger partial charge is 0.410 e. The van der Waals surface area contributed by atoms with Gasteiger partial charge in [0.05, 0.1) is 17.6 Å². The lowest BCUT2D eigenvalue weighted by atomic mass is 10.0. The summed E-state index contributed by atoms with van der Waals surface area (Å²) in [6, 6.07) is 8.29. The molecule has 0 radical (unpaired) electrons. The largest absolute Gasteiger partial charge is 0.444 e. The summed E-state index contributed by atoms with van der Waals surface area (Å²) < 4.78 is 5.52. The second kappa shape index (κ2) is 11.1. The van der Waals surface area contributed by atoms with Gasteiger partial charge in [-0.05, 0) is 58.4 Å². The van der Waals surface area contributed by atoms with Crippen LogP contribution < -0.4 is 9.80 Å². The molecule has 0 N–H and O–H groups in total. The van der Waals surface area contributed by atoms with E-state index >= 15 is 0 Å². The van der Waals surface area contributed by atoms with Crippen LogP contribution in [0.2, 0.25) is 0 Å². The van der Waals surface area contributed by atoms with Crippen LogP contribution in [0.25, 0.3) is 16.8 Å². The molecule has 8 heteroatoms. The molecule has 1 aliphatic heterocycles. The lowest BCUT2D eigenvalue weighted by molar-refractivity contribution is 0.0240. The number of hydrogen-bond acceptors (Lipinski definition) is 6. The molecule has 1 aromatic carbocycles. The van der Waals surface area contributed by atoms with Crippen LogP contribution in [0.3, 0.4) is 0 Å². The SMILES string of the molecule is C/C(Cl)=C\C=C(/C)c1nc(N2CCN(C(=O)OC(C)(C)C)CC2)cnc1-c1ccc(N(C)C)cc1. The molecule has 7 nitrogen and oxygen atoms in total. The van der Waals surface area contributed by atoms with Gasteiger partial charge in [-0.25, -0.2) is 9.78 Å². The van der Waals surface area contributed by atoms with E-state index < -0.39 is 5.60 Å². The zero-order valence-corrected chi connectivity index (χ0v) is 22.6. The maximum atomic E-state index is 12.4. The molecule has 188 valence electrons. The lowest BCUT2D eigenvalue weighted by Crippen LogP contribution is -2.50. The third kappa shape index (κ3) is 7.21. The highest BCUT2D eigenvalue weighted by Gasteiger charge is 2.27. The summed E-state index contributed by atoms with van der Waals surface area (Å²) in [5.41, 5.74) is 4.21. The average molecular weight is 498 g/mol. The van der Waals surface area contributed by atoms with Crippen LogP contribution in [-0.2, 0) is 4.74 Å². The second-order valence-corrected chi connectivity index (χ2v) is 10.5. The number of piperazine rings is 1. The second-order valence-electron chi connectivity index (χ2n) is 9.92. The Hall–Kier alpha value is -3.06. The molecule has 1 aromatic heterocycles. The fourth-order valence-corrected chi connectivity index (χ4v) is 3.76. The summed E-state index contributed by atoms with van der Waals surface area (Å²) in [5.74, 6) is 0.789. The number of carbonyl (C=O) groups excluding carboxylic acids is 1. The molecule has 0 unspecified atom stereocenters. The van der Waals surface area contributed by atoms with Crippen molar-refractivity contribution >= 4 is 34.8 Å². The van der Waals surface area contributed by atoms with Gasteiger partial charge in [0.25, 0.3) is 0 Å². The van der Waals surface area contributed by atoms with Crippen molar-refractivity contribution < 1.29 is 9.53 Å². The van der Waals surface area contributed by atoms with Crippen LogP contribution in [-0.4, -0.2) is 66.8 Å². The number of allylic oxidation sites excluding steroid dienone is 4. The first-order valence-corrected chi connectivity index (χ1v) is 12.2. The normalized spacial score (nSPS) is 15.3. The molecule has 1 fully saturated rings. The van der Waals surface area contributed by atoms with Gasteiger partial charge in [0.15, 0.2) is 0 Å². The van der Waals surface area contributed by atoms with Crippen molar-refractivity contribution in [1.29, 1.82) is 0 Å². The molecule has 0 bridgehead atoms. The number of amides is 1. The van der Waals surface area contributed by atoms with Gasteiger partial charge in [0.2, 0.25) is 0 Å². The standard InChI is InChI=1S/C27H36ClN5O2/c1-19(8-9-20(2)28)24-25(21-10-12-22(13-11-21)31(6)7)29-18-23(30-24)32-14-16-33(17-15-32)26(34)35-27(3,4)5/h8-13,18H,14-17H2,1-7H3/b19-8+,20-9+. The molecule has 0 spiro atoms.